The maximum atomic E-state index is 10.3. The number of hydrogen-bond acceptors (Lipinski definition) is 3. The Labute approximate surface area is 60.1 Å². The number of nitrogens with one attached hydrogen (secondary N) is 1. The molecule has 0 fully saturated rings. The van der Waals surface area contributed by atoms with Gasteiger partial charge in [-0.25, -0.2) is 10.4 Å². The van der Waals surface area contributed by atoms with Gasteiger partial charge in [0.05, 0.1) is 0 Å². The molecule has 0 rings (SSSR count). The van der Waals surface area contributed by atoms with Gasteiger partial charge in [-0.05, 0) is 0 Å². The Morgan fingerprint density at radius 2 is 2.30 bits per heavy atom. The van der Waals surface area contributed by atoms with Crippen LogP contribution >= 0.6 is 0 Å². The highest BCUT2D eigenvalue weighted by Crippen LogP contribution is 1.84. The molecule has 0 aliphatic heterocycles. The summed E-state index contributed by atoms with van der Waals surface area (Å²) in [6.45, 7) is 3.37. The fourth-order valence-corrected chi connectivity index (χ4v) is 0.487. The smallest absolute Gasteiger partial charge is 0.326 e. The highest BCUT2D eigenvalue weighted by molar-refractivity contribution is 5.75. The fraction of sp³-hybridized carbons (Fsp3) is 0.500. The lowest BCUT2D eigenvalue weighted by Gasteiger charge is -2.15. The van der Waals surface area contributed by atoms with Crippen LogP contribution in [-0.4, -0.2) is 36.2 Å². The van der Waals surface area contributed by atoms with E-state index < -0.39 is 12.0 Å². The first-order valence-electron chi connectivity index (χ1n) is 2.86. The quantitative estimate of drug-likeness (QED) is 0.420. The molecule has 0 amide bonds. The Kier molecular flexibility index (Phi) is 3.68. The molecule has 0 aromatic carbocycles. The number of carbonyl (C=O) groups is 1. The maximum Gasteiger partial charge on any atom is 0.326 e. The number of rotatable bonds is 4. The highest BCUT2D eigenvalue weighted by atomic mass is 16.4. The van der Waals surface area contributed by atoms with E-state index in [1.165, 1.54) is 6.08 Å². The summed E-state index contributed by atoms with van der Waals surface area (Å²) in [5.74, 6) is -0.927. The topological polar surface area (TPSA) is 52.6 Å². The number of hydrogen-bond donors (Lipinski definition) is 2. The number of carboxylic acids is 1. The first-order valence-corrected chi connectivity index (χ1v) is 2.86. The van der Waals surface area contributed by atoms with E-state index in [9.17, 15) is 4.79 Å². The number of nitrogens with zero attached hydrogens (tertiary/aromatic N) is 1. The standard InChI is InChI=1S/C6H12N2O2/c1-4-5(6(9)10)7-8(2)3/h4-5,7H,1H2,2-3H3,(H,9,10). The molecule has 0 bridgehead atoms. The Morgan fingerprint density at radius 3 is 2.40 bits per heavy atom. The minimum atomic E-state index is -0.927. The molecule has 4 nitrogen and oxygen atoms in total. The van der Waals surface area contributed by atoms with Crippen molar-refractivity contribution in [1.29, 1.82) is 0 Å². The van der Waals surface area contributed by atoms with E-state index in [0.717, 1.165) is 0 Å². The van der Waals surface area contributed by atoms with Gasteiger partial charge in [-0.1, -0.05) is 6.08 Å². The van der Waals surface area contributed by atoms with Crippen molar-refractivity contribution < 1.29 is 9.90 Å². The summed E-state index contributed by atoms with van der Waals surface area (Å²) in [6, 6.07) is -0.699. The molecule has 0 aromatic heterocycles. The van der Waals surface area contributed by atoms with Crippen molar-refractivity contribution in [2.45, 2.75) is 6.04 Å². The summed E-state index contributed by atoms with van der Waals surface area (Å²) in [5, 5.41) is 10.0. The van der Waals surface area contributed by atoms with Crippen molar-refractivity contribution in [2.75, 3.05) is 14.1 Å². The van der Waals surface area contributed by atoms with Crippen LogP contribution < -0.4 is 5.43 Å². The first-order chi connectivity index (χ1) is 4.57. The normalized spacial score (nSPS) is 13.1. The van der Waals surface area contributed by atoms with Crippen LogP contribution in [-0.2, 0) is 4.79 Å². The van der Waals surface area contributed by atoms with Gasteiger partial charge in [-0.3, -0.25) is 4.79 Å². The summed E-state index contributed by atoms with van der Waals surface area (Å²) in [4.78, 5) is 10.3. The second-order valence-electron chi connectivity index (χ2n) is 2.08. The predicted molar refractivity (Wildman–Crippen MR) is 38.4 cm³/mol. The van der Waals surface area contributed by atoms with Gasteiger partial charge in [0, 0.05) is 14.1 Å². The zero-order valence-corrected chi connectivity index (χ0v) is 6.16. The van der Waals surface area contributed by atoms with Crippen LogP contribution in [0.2, 0.25) is 0 Å². The van der Waals surface area contributed by atoms with E-state index in [4.69, 9.17) is 5.11 Å². The van der Waals surface area contributed by atoms with Gasteiger partial charge >= 0.3 is 5.97 Å². The van der Waals surface area contributed by atoms with E-state index in [1.54, 1.807) is 19.1 Å². The third kappa shape index (κ3) is 3.21. The summed E-state index contributed by atoms with van der Waals surface area (Å²) < 4.78 is 0. The summed E-state index contributed by atoms with van der Waals surface area (Å²) in [6.07, 6.45) is 1.34. The van der Waals surface area contributed by atoms with Gasteiger partial charge in [0.25, 0.3) is 0 Å². The lowest BCUT2D eigenvalue weighted by Crippen LogP contribution is -2.43. The third-order valence-electron chi connectivity index (χ3n) is 0.899. The monoisotopic (exact) mass is 144 g/mol. The van der Waals surface area contributed by atoms with Crippen molar-refractivity contribution in [1.82, 2.24) is 10.4 Å². The molecular weight excluding hydrogens is 132 g/mol. The third-order valence-corrected chi connectivity index (χ3v) is 0.899. The summed E-state index contributed by atoms with van der Waals surface area (Å²) >= 11 is 0. The SMILES string of the molecule is C=CC(NN(C)C)C(=O)O. The lowest BCUT2D eigenvalue weighted by atomic mass is 10.3. The van der Waals surface area contributed by atoms with Crippen LogP contribution in [0, 0.1) is 0 Å². The number of hydrazine groups is 1. The van der Waals surface area contributed by atoms with Crippen LogP contribution in [0.15, 0.2) is 12.7 Å². The average Bonchev–Trinajstić information content (AvgIpc) is 1.81. The van der Waals surface area contributed by atoms with Crippen molar-refractivity contribution in [2.24, 2.45) is 0 Å². The molecule has 2 N–H and O–H groups in total. The van der Waals surface area contributed by atoms with Crippen LogP contribution in [0.3, 0.4) is 0 Å². The lowest BCUT2D eigenvalue weighted by molar-refractivity contribution is -0.139. The molecule has 4 heteroatoms. The van der Waals surface area contributed by atoms with Gasteiger partial charge < -0.3 is 5.11 Å². The van der Waals surface area contributed by atoms with Crippen LogP contribution in [0.4, 0.5) is 0 Å². The van der Waals surface area contributed by atoms with Crippen molar-refractivity contribution in [3.8, 4) is 0 Å². The predicted octanol–water partition coefficient (Wildman–Crippen LogP) is -0.308. The second-order valence-corrected chi connectivity index (χ2v) is 2.08. The van der Waals surface area contributed by atoms with E-state index in [0.29, 0.717) is 0 Å². The number of aliphatic carboxylic acids is 1. The highest BCUT2D eigenvalue weighted by Gasteiger charge is 2.11. The van der Waals surface area contributed by atoms with Crippen molar-refractivity contribution in [3.05, 3.63) is 12.7 Å². The zero-order chi connectivity index (χ0) is 8.15. The van der Waals surface area contributed by atoms with Crippen LogP contribution in [0.1, 0.15) is 0 Å². The maximum absolute atomic E-state index is 10.3. The minimum Gasteiger partial charge on any atom is -0.480 e. The molecule has 1 atom stereocenters. The minimum absolute atomic E-state index is 0.699. The number of carboxylic acid groups (broad SMARTS) is 1. The fourth-order valence-electron chi connectivity index (χ4n) is 0.487. The molecule has 0 spiro atoms. The van der Waals surface area contributed by atoms with E-state index >= 15 is 0 Å². The Hall–Kier alpha value is -0.870. The van der Waals surface area contributed by atoms with Gasteiger partial charge in [0.15, 0.2) is 0 Å². The van der Waals surface area contributed by atoms with Crippen LogP contribution in [0.25, 0.3) is 0 Å². The molecule has 0 saturated heterocycles. The van der Waals surface area contributed by atoms with Gasteiger partial charge in [-0.2, -0.15) is 0 Å². The summed E-state index contributed by atoms with van der Waals surface area (Å²) in [5.41, 5.74) is 2.64. The van der Waals surface area contributed by atoms with E-state index in [1.807, 2.05) is 0 Å². The molecule has 0 heterocycles. The Balaban J connectivity index is 3.83. The molecular formula is C6H12N2O2. The van der Waals surface area contributed by atoms with Crippen LogP contribution in [0.5, 0.6) is 0 Å². The molecule has 0 aromatic rings. The van der Waals surface area contributed by atoms with Crippen molar-refractivity contribution in [3.63, 3.8) is 0 Å². The van der Waals surface area contributed by atoms with Gasteiger partial charge in [0.1, 0.15) is 6.04 Å². The van der Waals surface area contributed by atoms with Crippen molar-refractivity contribution >= 4 is 5.97 Å². The molecule has 0 aliphatic rings. The van der Waals surface area contributed by atoms with E-state index in [2.05, 4.69) is 12.0 Å². The molecule has 0 saturated carbocycles. The molecule has 0 radical (unpaired) electrons. The average molecular weight is 144 g/mol. The largest absolute Gasteiger partial charge is 0.480 e. The zero-order valence-electron chi connectivity index (χ0n) is 6.16. The molecule has 0 aliphatic carbocycles. The molecule has 1 unspecified atom stereocenters. The summed E-state index contributed by atoms with van der Waals surface area (Å²) in [7, 11) is 3.44. The first kappa shape index (κ1) is 9.13. The Bertz CT molecular complexity index is 134. The molecule has 58 valence electrons. The van der Waals surface area contributed by atoms with Gasteiger partial charge in [0.2, 0.25) is 0 Å². The van der Waals surface area contributed by atoms with E-state index in [-0.39, 0.29) is 0 Å². The van der Waals surface area contributed by atoms with Gasteiger partial charge in [-0.15, -0.1) is 6.58 Å². The second kappa shape index (κ2) is 4.03. The molecule has 10 heavy (non-hydrogen) atoms. The Morgan fingerprint density at radius 1 is 1.80 bits per heavy atom.